The average Bonchev–Trinajstić information content (AvgIpc) is 2.81. The predicted molar refractivity (Wildman–Crippen MR) is 61.8 cm³/mol. The summed E-state index contributed by atoms with van der Waals surface area (Å²) in [6, 6.07) is 9.38. The molecule has 2 aromatic rings. The van der Waals surface area contributed by atoms with Gasteiger partial charge in [0.15, 0.2) is 0 Å². The van der Waals surface area contributed by atoms with E-state index in [0.717, 1.165) is 5.56 Å². The van der Waals surface area contributed by atoms with Crippen molar-refractivity contribution >= 4 is 11.6 Å². The molecule has 0 saturated carbocycles. The summed E-state index contributed by atoms with van der Waals surface area (Å²) in [5.74, 6) is 0.0910. The Morgan fingerprint density at radius 1 is 0.941 bits per heavy atom. The molecule has 4 nitrogen and oxygen atoms in total. The van der Waals surface area contributed by atoms with Crippen LogP contribution in [0.1, 0.15) is 21.0 Å². The van der Waals surface area contributed by atoms with Gasteiger partial charge >= 0.3 is 0 Å². The lowest BCUT2D eigenvalue weighted by Gasteiger charge is -1.98. The van der Waals surface area contributed by atoms with E-state index in [-0.39, 0.29) is 23.0 Å². The second kappa shape index (κ2) is 3.52. The molecule has 0 saturated heterocycles. The monoisotopic (exact) mass is 224 g/mol. The Morgan fingerprint density at radius 2 is 1.65 bits per heavy atom. The van der Waals surface area contributed by atoms with Gasteiger partial charge in [-0.3, -0.25) is 9.59 Å². The first-order valence-corrected chi connectivity index (χ1v) is 5.18. The van der Waals surface area contributed by atoms with Crippen molar-refractivity contribution in [3.63, 3.8) is 0 Å². The molecule has 1 aromatic heterocycles. The quantitative estimate of drug-likeness (QED) is 0.805. The van der Waals surface area contributed by atoms with Crippen LogP contribution in [0.25, 0.3) is 11.4 Å². The lowest BCUT2D eigenvalue weighted by molar-refractivity contribution is 0.0989. The molecule has 0 aliphatic heterocycles. The SMILES string of the molecule is O=C1C=CC(=O)c2[nH]c(-c3ccccc3)nc21. The van der Waals surface area contributed by atoms with Crippen LogP contribution in [0.15, 0.2) is 42.5 Å². The van der Waals surface area contributed by atoms with Crippen LogP contribution in [0.4, 0.5) is 0 Å². The molecule has 1 heterocycles. The van der Waals surface area contributed by atoms with Crippen molar-refractivity contribution in [3.8, 4) is 11.4 Å². The van der Waals surface area contributed by atoms with Gasteiger partial charge in [0.1, 0.15) is 17.2 Å². The first-order valence-electron chi connectivity index (χ1n) is 5.18. The maximum absolute atomic E-state index is 11.6. The van der Waals surface area contributed by atoms with Gasteiger partial charge in [-0.2, -0.15) is 0 Å². The number of aromatic amines is 1. The standard InChI is InChI=1S/C13H8N2O2/c16-9-6-7-10(17)12-11(9)14-13(15-12)8-4-2-1-3-5-8/h1-7H,(H,14,15). The molecule has 82 valence electrons. The van der Waals surface area contributed by atoms with Crippen LogP contribution in [0.2, 0.25) is 0 Å². The summed E-state index contributed by atoms with van der Waals surface area (Å²) < 4.78 is 0. The second-order valence-corrected chi connectivity index (χ2v) is 3.74. The lowest BCUT2D eigenvalue weighted by Crippen LogP contribution is -2.10. The molecule has 1 aliphatic carbocycles. The molecule has 0 amide bonds. The zero-order chi connectivity index (χ0) is 11.8. The Balaban J connectivity index is 2.15. The van der Waals surface area contributed by atoms with E-state index in [0.29, 0.717) is 5.82 Å². The summed E-state index contributed by atoms with van der Waals surface area (Å²) in [5.41, 5.74) is 1.33. The van der Waals surface area contributed by atoms with E-state index in [1.165, 1.54) is 12.2 Å². The minimum atomic E-state index is -0.238. The fourth-order valence-corrected chi connectivity index (χ4v) is 1.78. The van der Waals surface area contributed by atoms with Gasteiger partial charge in [0.25, 0.3) is 0 Å². The third-order valence-corrected chi connectivity index (χ3v) is 2.62. The van der Waals surface area contributed by atoms with E-state index >= 15 is 0 Å². The normalized spacial score (nSPS) is 13.9. The van der Waals surface area contributed by atoms with Gasteiger partial charge in [-0.25, -0.2) is 4.98 Å². The van der Waals surface area contributed by atoms with E-state index in [2.05, 4.69) is 9.97 Å². The number of imidazole rings is 1. The average molecular weight is 224 g/mol. The predicted octanol–water partition coefficient (Wildman–Crippen LogP) is 2.01. The number of fused-ring (bicyclic) bond motifs is 1. The third kappa shape index (κ3) is 1.50. The number of nitrogens with one attached hydrogen (secondary N) is 1. The summed E-state index contributed by atoms with van der Waals surface area (Å²) >= 11 is 0. The topological polar surface area (TPSA) is 62.8 Å². The highest BCUT2D eigenvalue weighted by atomic mass is 16.1. The largest absolute Gasteiger partial charge is 0.335 e. The Morgan fingerprint density at radius 3 is 2.35 bits per heavy atom. The van der Waals surface area contributed by atoms with Gasteiger partial charge in [0.05, 0.1) is 0 Å². The first-order chi connectivity index (χ1) is 8.25. The number of hydrogen-bond donors (Lipinski definition) is 1. The first kappa shape index (κ1) is 9.72. The maximum Gasteiger partial charge on any atom is 0.206 e. The number of H-pyrrole nitrogens is 1. The molecular weight excluding hydrogens is 216 g/mol. The van der Waals surface area contributed by atoms with E-state index in [1.807, 2.05) is 30.3 Å². The fraction of sp³-hybridized carbons (Fsp3) is 0. The molecule has 0 bridgehead atoms. The number of allylic oxidation sites excluding steroid dienone is 2. The van der Waals surface area contributed by atoms with Crippen molar-refractivity contribution in [2.75, 3.05) is 0 Å². The number of carbonyl (C=O) groups excluding carboxylic acids is 2. The molecule has 0 unspecified atom stereocenters. The summed E-state index contributed by atoms with van der Waals surface area (Å²) in [7, 11) is 0. The molecule has 3 rings (SSSR count). The Labute approximate surface area is 97.0 Å². The molecule has 0 spiro atoms. The smallest absolute Gasteiger partial charge is 0.206 e. The van der Waals surface area contributed by atoms with Gasteiger partial charge in [0.2, 0.25) is 11.6 Å². The highest BCUT2D eigenvalue weighted by Crippen LogP contribution is 2.21. The van der Waals surface area contributed by atoms with Crippen LogP contribution in [-0.4, -0.2) is 21.5 Å². The molecule has 4 heteroatoms. The van der Waals surface area contributed by atoms with Crippen molar-refractivity contribution in [2.45, 2.75) is 0 Å². The summed E-state index contributed by atoms with van der Waals surface area (Å²) in [6.45, 7) is 0. The molecule has 0 fully saturated rings. The lowest BCUT2D eigenvalue weighted by atomic mass is 10.1. The minimum absolute atomic E-state index is 0.205. The molecule has 0 radical (unpaired) electrons. The zero-order valence-electron chi connectivity index (χ0n) is 8.81. The number of hydrogen-bond acceptors (Lipinski definition) is 3. The van der Waals surface area contributed by atoms with Crippen molar-refractivity contribution in [3.05, 3.63) is 53.9 Å². The number of carbonyl (C=O) groups is 2. The van der Waals surface area contributed by atoms with Crippen molar-refractivity contribution in [1.82, 2.24) is 9.97 Å². The molecule has 1 aliphatic rings. The van der Waals surface area contributed by atoms with E-state index < -0.39 is 0 Å². The number of rotatable bonds is 1. The summed E-state index contributed by atoms with van der Waals surface area (Å²) in [4.78, 5) is 30.2. The molecule has 1 N–H and O–H groups in total. The number of benzene rings is 1. The van der Waals surface area contributed by atoms with Crippen molar-refractivity contribution in [1.29, 1.82) is 0 Å². The van der Waals surface area contributed by atoms with Gasteiger partial charge in [-0.1, -0.05) is 30.3 Å². The molecule has 1 aromatic carbocycles. The van der Waals surface area contributed by atoms with Gasteiger partial charge in [-0.15, -0.1) is 0 Å². The Hall–Kier alpha value is -2.49. The van der Waals surface area contributed by atoms with Crippen LogP contribution >= 0.6 is 0 Å². The summed E-state index contributed by atoms with van der Waals surface area (Å²) in [5, 5.41) is 0. The van der Waals surface area contributed by atoms with Crippen LogP contribution in [0, 0.1) is 0 Å². The minimum Gasteiger partial charge on any atom is -0.335 e. The van der Waals surface area contributed by atoms with Crippen molar-refractivity contribution in [2.24, 2.45) is 0 Å². The maximum atomic E-state index is 11.6. The van der Waals surface area contributed by atoms with E-state index in [1.54, 1.807) is 0 Å². The van der Waals surface area contributed by atoms with E-state index in [4.69, 9.17) is 0 Å². The van der Waals surface area contributed by atoms with Gasteiger partial charge < -0.3 is 4.98 Å². The van der Waals surface area contributed by atoms with Crippen LogP contribution in [-0.2, 0) is 0 Å². The third-order valence-electron chi connectivity index (χ3n) is 2.62. The second-order valence-electron chi connectivity index (χ2n) is 3.74. The molecule has 0 atom stereocenters. The highest BCUT2D eigenvalue weighted by molar-refractivity contribution is 6.20. The molecular formula is C13H8N2O2. The van der Waals surface area contributed by atoms with E-state index in [9.17, 15) is 9.59 Å². The number of aromatic nitrogens is 2. The zero-order valence-corrected chi connectivity index (χ0v) is 8.81. The van der Waals surface area contributed by atoms with Crippen LogP contribution < -0.4 is 0 Å². The van der Waals surface area contributed by atoms with Crippen LogP contribution in [0.3, 0.4) is 0 Å². The number of ketones is 2. The Bertz CT molecular complexity index is 603. The van der Waals surface area contributed by atoms with Crippen LogP contribution in [0.5, 0.6) is 0 Å². The number of nitrogens with zero attached hydrogens (tertiary/aromatic N) is 1. The van der Waals surface area contributed by atoms with Crippen molar-refractivity contribution < 1.29 is 9.59 Å². The highest BCUT2D eigenvalue weighted by Gasteiger charge is 2.24. The summed E-state index contributed by atoms with van der Waals surface area (Å²) in [6.07, 6.45) is 2.51. The van der Waals surface area contributed by atoms with Gasteiger partial charge in [-0.05, 0) is 12.2 Å². The molecule has 17 heavy (non-hydrogen) atoms. The van der Waals surface area contributed by atoms with Gasteiger partial charge in [0, 0.05) is 5.56 Å². The Kier molecular flexibility index (Phi) is 2.01. The fourth-order valence-electron chi connectivity index (χ4n) is 1.78.